The Bertz CT molecular complexity index is 123. The molecule has 0 rings (SSSR count). The van der Waals surface area contributed by atoms with Gasteiger partial charge in [0, 0.05) is 13.0 Å². The van der Waals surface area contributed by atoms with Crippen molar-refractivity contribution in [3.63, 3.8) is 0 Å². The van der Waals surface area contributed by atoms with Gasteiger partial charge in [-0.05, 0) is 0 Å². The standard InChI is InChI=1S/C5H10O5/c6-2-1-5(10,3-7)4(8)9/h6-7,10H,1-3H2,(H,8,9). The van der Waals surface area contributed by atoms with Gasteiger partial charge in [0.15, 0.2) is 5.60 Å². The van der Waals surface area contributed by atoms with E-state index in [1.807, 2.05) is 0 Å². The lowest BCUT2D eigenvalue weighted by molar-refractivity contribution is -0.164. The third-order valence-corrected chi connectivity index (χ3v) is 1.19. The number of carboxylic acid groups (broad SMARTS) is 1. The van der Waals surface area contributed by atoms with Gasteiger partial charge in [-0.25, -0.2) is 4.79 Å². The molecule has 0 bridgehead atoms. The molecule has 5 nitrogen and oxygen atoms in total. The fraction of sp³-hybridized carbons (Fsp3) is 0.800. The summed E-state index contributed by atoms with van der Waals surface area (Å²) in [5.74, 6) is -1.52. The molecule has 4 N–H and O–H groups in total. The quantitative estimate of drug-likeness (QED) is 0.378. The van der Waals surface area contributed by atoms with Crippen molar-refractivity contribution >= 4 is 5.97 Å². The first-order chi connectivity index (χ1) is 4.56. The monoisotopic (exact) mass is 150 g/mol. The Morgan fingerprint density at radius 1 is 1.40 bits per heavy atom. The fourth-order valence-electron chi connectivity index (χ4n) is 0.439. The molecule has 0 aromatic rings. The summed E-state index contributed by atoms with van der Waals surface area (Å²) >= 11 is 0. The zero-order valence-corrected chi connectivity index (χ0v) is 5.32. The van der Waals surface area contributed by atoms with Crippen molar-refractivity contribution in [3.8, 4) is 0 Å². The van der Waals surface area contributed by atoms with Crippen molar-refractivity contribution < 1.29 is 25.2 Å². The predicted molar refractivity (Wildman–Crippen MR) is 31.4 cm³/mol. The van der Waals surface area contributed by atoms with Crippen LogP contribution in [0.5, 0.6) is 0 Å². The number of aliphatic hydroxyl groups excluding tert-OH is 2. The molecule has 0 amide bonds. The van der Waals surface area contributed by atoms with Crippen molar-refractivity contribution in [2.45, 2.75) is 12.0 Å². The van der Waals surface area contributed by atoms with Crippen LogP contribution in [0.4, 0.5) is 0 Å². The second-order valence-electron chi connectivity index (χ2n) is 1.97. The number of carboxylic acids is 1. The summed E-state index contributed by atoms with van der Waals surface area (Å²) in [4.78, 5) is 10.1. The molecule has 0 saturated heterocycles. The van der Waals surface area contributed by atoms with Crippen molar-refractivity contribution in [2.24, 2.45) is 0 Å². The normalized spacial score (nSPS) is 16.3. The molecule has 5 heteroatoms. The molecule has 0 fully saturated rings. The number of rotatable bonds is 4. The van der Waals surface area contributed by atoms with Gasteiger partial charge in [0.2, 0.25) is 0 Å². The van der Waals surface area contributed by atoms with E-state index in [1.54, 1.807) is 0 Å². The first kappa shape index (κ1) is 9.35. The molecule has 60 valence electrons. The zero-order valence-electron chi connectivity index (χ0n) is 5.32. The lowest BCUT2D eigenvalue weighted by Crippen LogP contribution is -2.43. The summed E-state index contributed by atoms with van der Waals surface area (Å²) in [6.45, 7) is -1.35. The van der Waals surface area contributed by atoms with E-state index < -0.39 is 24.8 Å². The van der Waals surface area contributed by atoms with E-state index in [9.17, 15) is 4.79 Å². The second-order valence-corrected chi connectivity index (χ2v) is 1.97. The molecule has 0 aliphatic heterocycles. The van der Waals surface area contributed by atoms with Gasteiger partial charge >= 0.3 is 5.97 Å². The van der Waals surface area contributed by atoms with Crippen LogP contribution < -0.4 is 0 Å². The first-order valence-electron chi connectivity index (χ1n) is 2.74. The molecular weight excluding hydrogens is 140 g/mol. The van der Waals surface area contributed by atoms with Gasteiger partial charge < -0.3 is 20.4 Å². The maximum atomic E-state index is 10.1. The maximum Gasteiger partial charge on any atom is 0.338 e. The number of carbonyl (C=O) groups is 1. The Labute approximate surface area is 57.5 Å². The number of aliphatic hydroxyl groups is 3. The molecular formula is C5H10O5. The Kier molecular flexibility index (Phi) is 3.27. The molecule has 1 atom stereocenters. The van der Waals surface area contributed by atoms with Crippen molar-refractivity contribution in [3.05, 3.63) is 0 Å². The Morgan fingerprint density at radius 3 is 2.00 bits per heavy atom. The minimum atomic E-state index is -2.19. The molecule has 0 spiro atoms. The highest BCUT2D eigenvalue weighted by Gasteiger charge is 2.34. The van der Waals surface area contributed by atoms with Crippen LogP contribution in [0, 0.1) is 0 Å². The van der Waals surface area contributed by atoms with Gasteiger partial charge in [-0.3, -0.25) is 0 Å². The Balaban J connectivity index is 4.08. The molecule has 1 unspecified atom stereocenters. The molecule has 0 heterocycles. The van der Waals surface area contributed by atoms with Crippen LogP contribution in [-0.2, 0) is 4.79 Å². The topological polar surface area (TPSA) is 98.0 Å². The van der Waals surface area contributed by atoms with E-state index in [1.165, 1.54) is 0 Å². The maximum absolute atomic E-state index is 10.1. The highest BCUT2D eigenvalue weighted by atomic mass is 16.4. The van der Waals surface area contributed by atoms with Crippen LogP contribution in [0.15, 0.2) is 0 Å². The molecule has 10 heavy (non-hydrogen) atoms. The van der Waals surface area contributed by atoms with Gasteiger partial charge in [-0.15, -0.1) is 0 Å². The Morgan fingerprint density at radius 2 is 1.90 bits per heavy atom. The van der Waals surface area contributed by atoms with Crippen LogP contribution in [-0.4, -0.2) is 45.2 Å². The molecule has 0 aromatic carbocycles. The van der Waals surface area contributed by atoms with Crippen LogP contribution in [0.2, 0.25) is 0 Å². The number of aliphatic carboxylic acids is 1. The van der Waals surface area contributed by atoms with Crippen molar-refractivity contribution in [1.82, 2.24) is 0 Å². The van der Waals surface area contributed by atoms with Gasteiger partial charge in [-0.2, -0.15) is 0 Å². The average Bonchev–Trinajstić information content (AvgIpc) is 1.88. The van der Waals surface area contributed by atoms with Crippen LogP contribution in [0.1, 0.15) is 6.42 Å². The van der Waals surface area contributed by atoms with E-state index in [0.29, 0.717) is 0 Å². The molecule has 0 aliphatic rings. The van der Waals surface area contributed by atoms with Crippen LogP contribution in [0.25, 0.3) is 0 Å². The molecule has 0 saturated carbocycles. The smallest absolute Gasteiger partial charge is 0.338 e. The SMILES string of the molecule is O=C(O)C(O)(CO)CCO. The zero-order chi connectivity index (χ0) is 8.20. The highest BCUT2D eigenvalue weighted by molar-refractivity contribution is 5.77. The Hall–Kier alpha value is -0.650. The van der Waals surface area contributed by atoms with E-state index in [0.717, 1.165) is 0 Å². The van der Waals surface area contributed by atoms with Crippen molar-refractivity contribution in [1.29, 1.82) is 0 Å². The van der Waals surface area contributed by atoms with Gasteiger partial charge in [0.1, 0.15) is 0 Å². The molecule has 0 aromatic heterocycles. The highest BCUT2D eigenvalue weighted by Crippen LogP contribution is 2.07. The van der Waals surface area contributed by atoms with Gasteiger partial charge in [0.25, 0.3) is 0 Å². The first-order valence-corrected chi connectivity index (χ1v) is 2.74. The average molecular weight is 150 g/mol. The largest absolute Gasteiger partial charge is 0.479 e. The summed E-state index contributed by atoms with van der Waals surface area (Å²) in [5, 5.41) is 33.7. The summed E-state index contributed by atoms with van der Waals surface area (Å²) < 4.78 is 0. The molecule has 0 aliphatic carbocycles. The van der Waals surface area contributed by atoms with Gasteiger partial charge in [-0.1, -0.05) is 0 Å². The number of hydrogen-bond donors (Lipinski definition) is 4. The van der Waals surface area contributed by atoms with Crippen molar-refractivity contribution in [2.75, 3.05) is 13.2 Å². The molecule has 0 radical (unpaired) electrons. The minimum Gasteiger partial charge on any atom is -0.479 e. The lowest BCUT2D eigenvalue weighted by atomic mass is 10.0. The van der Waals surface area contributed by atoms with Crippen LogP contribution in [0.3, 0.4) is 0 Å². The van der Waals surface area contributed by atoms with E-state index >= 15 is 0 Å². The summed E-state index contributed by atoms with van der Waals surface area (Å²) in [6, 6.07) is 0. The van der Waals surface area contributed by atoms with E-state index in [4.69, 9.17) is 20.4 Å². The number of hydrogen-bond acceptors (Lipinski definition) is 4. The third kappa shape index (κ3) is 1.94. The third-order valence-electron chi connectivity index (χ3n) is 1.19. The summed E-state index contributed by atoms with van der Waals surface area (Å²) in [5.41, 5.74) is -2.19. The van der Waals surface area contributed by atoms with Crippen LogP contribution >= 0.6 is 0 Å². The predicted octanol–water partition coefficient (Wildman–Crippen LogP) is -1.82. The van der Waals surface area contributed by atoms with E-state index in [-0.39, 0.29) is 6.42 Å². The van der Waals surface area contributed by atoms with E-state index in [2.05, 4.69) is 0 Å². The fourth-order valence-corrected chi connectivity index (χ4v) is 0.439. The summed E-state index contributed by atoms with van der Waals surface area (Å²) in [7, 11) is 0. The summed E-state index contributed by atoms with van der Waals surface area (Å²) in [6.07, 6.45) is -0.362. The van der Waals surface area contributed by atoms with Gasteiger partial charge in [0.05, 0.1) is 6.61 Å². The second kappa shape index (κ2) is 3.50. The lowest BCUT2D eigenvalue weighted by Gasteiger charge is -2.18. The minimum absolute atomic E-state index is 0.362.